The Morgan fingerprint density at radius 2 is 1.88 bits per heavy atom. The SMILES string of the molecule is COCc1nc(OC)c2c(C)c(C(=O)Nc3ccc(F)c(NC(=O)OC(C)(C)C)c3)sc2n1. The number of ether oxygens (including phenoxy) is 3. The van der Waals surface area contributed by atoms with Crippen molar-refractivity contribution in [1.29, 1.82) is 0 Å². The van der Waals surface area contributed by atoms with Crippen LogP contribution in [0.1, 0.15) is 41.8 Å². The molecule has 176 valence electrons. The quantitative estimate of drug-likeness (QED) is 0.521. The minimum absolute atomic E-state index is 0.119. The Morgan fingerprint density at radius 3 is 2.52 bits per heavy atom. The molecule has 0 bridgehead atoms. The van der Waals surface area contributed by atoms with Crippen molar-refractivity contribution in [3.63, 3.8) is 0 Å². The summed E-state index contributed by atoms with van der Waals surface area (Å²) in [4.78, 5) is 34.7. The number of halogens is 1. The second kappa shape index (κ2) is 9.67. The first-order chi connectivity index (χ1) is 15.5. The van der Waals surface area contributed by atoms with E-state index in [1.807, 2.05) is 0 Å². The van der Waals surface area contributed by atoms with Crippen LogP contribution in [0.2, 0.25) is 0 Å². The lowest BCUT2D eigenvalue weighted by Crippen LogP contribution is -2.27. The fourth-order valence-corrected chi connectivity index (χ4v) is 4.09. The lowest BCUT2D eigenvalue weighted by Gasteiger charge is -2.20. The van der Waals surface area contributed by atoms with E-state index in [4.69, 9.17) is 14.2 Å². The van der Waals surface area contributed by atoms with Crippen LogP contribution in [0.4, 0.5) is 20.6 Å². The third kappa shape index (κ3) is 5.74. The first-order valence-corrected chi connectivity index (χ1v) is 10.8. The summed E-state index contributed by atoms with van der Waals surface area (Å²) in [6.45, 7) is 7.07. The molecule has 0 aliphatic heterocycles. The van der Waals surface area contributed by atoms with Gasteiger partial charge in [-0.05, 0) is 51.5 Å². The molecule has 0 unspecified atom stereocenters. The second-order valence-electron chi connectivity index (χ2n) is 8.09. The number of methoxy groups -OCH3 is 2. The highest BCUT2D eigenvalue weighted by Crippen LogP contribution is 2.35. The van der Waals surface area contributed by atoms with Crippen LogP contribution >= 0.6 is 11.3 Å². The molecule has 2 N–H and O–H groups in total. The van der Waals surface area contributed by atoms with Gasteiger partial charge in [0.25, 0.3) is 5.91 Å². The van der Waals surface area contributed by atoms with Crippen molar-refractivity contribution in [1.82, 2.24) is 9.97 Å². The third-order valence-corrected chi connectivity index (χ3v) is 5.52. The molecular formula is C22H25FN4O5S. The smallest absolute Gasteiger partial charge is 0.412 e. The van der Waals surface area contributed by atoms with Crippen molar-refractivity contribution in [2.24, 2.45) is 0 Å². The number of rotatable bonds is 6. The first-order valence-electron chi connectivity index (χ1n) is 9.96. The summed E-state index contributed by atoms with van der Waals surface area (Å²) in [6, 6.07) is 3.86. The highest BCUT2D eigenvalue weighted by Gasteiger charge is 2.22. The predicted molar refractivity (Wildman–Crippen MR) is 124 cm³/mol. The van der Waals surface area contributed by atoms with Crippen LogP contribution in [-0.2, 0) is 16.1 Å². The highest BCUT2D eigenvalue weighted by molar-refractivity contribution is 7.20. The number of nitrogens with one attached hydrogen (secondary N) is 2. The number of hydrogen-bond donors (Lipinski definition) is 2. The van der Waals surface area contributed by atoms with E-state index in [1.165, 1.54) is 37.7 Å². The number of aromatic nitrogens is 2. The van der Waals surface area contributed by atoms with Gasteiger partial charge in [-0.2, -0.15) is 4.98 Å². The van der Waals surface area contributed by atoms with E-state index < -0.39 is 23.4 Å². The molecule has 0 atom stereocenters. The second-order valence-corrected chi connectivity index (χ2v) is 9.09. The van der Waals surface area contributed by atoms with Crippen molar-refractivity contribution in [2.75, 3.05) is 24.9 Å². The summed E-state index contributed by atoms with van der Waals surface area (Å²) >= 11 is 1.18. The van der Waals surface area contributed by atoms with Crippen LogP contribution in [-0.4, -0.2) is 41.8 Å². The van der Waals surface area contributed by atoms with Gasteiger partial charge in [-0.25, -0.2) is 14.2 Å². The highest BCUT2D eigenvalue weighted by atomic mass is 32.1. The lowest BCUT2D eigenvalue weighted by atomic mass is 10.2. The zero-order valence-electron chi connectivity index (χ0n) is 19.2. The van der Waals surface area contributed by atoms with Crippen LogP contribution in [0.5, 0.6) is 5.88 Å². The van der Waals surface area contributed by atoms with E-state index >= 15 is 0 Å². The van der Waals surface area contributed by atoms with Crippen LogP contribution < -0.4 is 15.4 Å². The maximum Gasteiger partial charge on any atom is 0.412 e. The summed E-state index contributed by atoms with van der Waals surface area (Å²) in [5, 5.41) is 5.72. The molecule has 9 nitrogen and oxygen atoms in total. The molecule has 0 saturated carbocycles. The number of fused-ring (bicyclic) bond motifs is 1. The van der Waals surface area contributed by atoms with Gasteiger partial charge in [0.05, 0.1) is 23.1 Å². The molecule has 0 radical (unpaired) electrons. The first kappa shape index (κ1) is 24.3. The topological polar surface area (TPSA) is 112 Å². The monoisotopic (exact) mass is 476 g/mol. The number of benzene rings is 1. The van der Waals surface area contributed by atoms with Gasteiger partial charge in [-0.1, -0.05) is 0 Å². The molecule has 3 rings (SSSR count). The molecule has 1 aromatic carbocycles. The van der Waals surface area contributed by atoms with E-state index in [9.17, 15) is 14.0 Å². The van der Waals surface area contributed by atoms with Crippen molar-refractivity contribution >= 4 is 44.9 Å². The average molecular weight is 477 g/mol. The van der Waals surface area contributed by atoms with Gasteiger partial charge >= 0.3 is 6.09 Å². The van der Waals surface area contributed by atoms with Gasteiger partial charge in [-0.15, -0.1) is 11.3 Å². The number of nitrogens with zero attached hydrogens (tertiary/aromatic N) is 2. The molecule has 2 amide bonds. The molecular weight excluding hydrogens is 451 g/mol. The molecule has 0 aliphatic carbocycles. The number of thiophene rings is 1. The summed E-state index contributed by atoms with van der Waals surface area (Å²) in [7, 11) is 3.03. The fraction of sp³-hybridized carbons (Fsp3) is 0.364. The van der Waals surface area contributed by atoms with Crippen molar-refractivity contribution < 1.29 is 28.2 Å². The summed E-state index contributed by atoms with van der Waals surface area (Å²) < 4.78 is 29.8. The maximum atomic E-state index is 14.2. The Hall–Kier alpha value is -3.31. The summed E-state index contributed by atoms with van der Waals surface area (Å²) in [5.41, 5.74) is 0.0925. The fourth-order valence-electron chi connectivity index (χ4n) is 3.00. The minimum atomic E-state index is -0.803. The van der Waals surface area contributed by atoms with Gasteiger partial charge < -0.3 is 19.5 Å². The predicted octanol–water partition coefficient (Wildman–Crippen LogP) is 4.89. The number of carbonyl (C=O) groups excluding carboxylic acids is 2. The lowest BCUT2D eigenvalue weighted by molar-refractivity contribution is 0.0635. The van der Waals surface area contributed by atoms with Gasteiger partial charge in [0.15, 0.2) is 5.82 Å². The van der Waals surface area contributed by atoms with E-state index in [0.717, 1.165) is 6.07 Å². The Kier molecular flexibility index (Phi) is 7.13. The normalized spacial score (nSPS) is 11.4. The molecule has 3 aromatic rings. The Balaban J connectivity index is 1.87. The van der Waals surface area contributed by atoms with E-state index in [-0.39, 0.29) is 12.3 Å². The molecule has 33 heavy (non-hydrogen) atoms. The minimum Gasteiger partial charge on any atom is -0.480 e. The third-order valence-electron chi connectivity index (χ3n) is 4.34. The van der Waals surface area contributed by atoms with Crippen LogP contribution in [0.3, 0.4) is 0 Å². The maximum absolute atomic E-state index is 14.2. The Morgan fingerprint density at radius 1 is 1.15 bits per heavy atom. The zero-order valence-corrected chi connectivity index (χ0v) is 20.0. The van der Waals surface area contributed by atoms with Gasteiger partial charge in [0.1, 0.15) is 22.9 Å². The number of carbonyl (C=O) groups is 2. The molecule has 0 saturated heterocycles. The standard InChI is InChI=1S/C22H25FN4O5S/c1-11-16-19(31-6)26-15(10-30-5)27-20(16)33-17(11)18(28)24-12-7-8-13(23)14(9-12)25-21(29)32-22(2,3)4/h7-9H,10H2,1-6H3,(H,24,28)(H,25,29). The molecule has 0 aliphatic rings. The van der Waals surface area contributed by atoms with E-state index in [0.29, 0.717) is 38.0 Å². The van der Waals surface area contributed by atoms with Gasteiger partial charge in [0.2, 0.25) is 5.88 Å². The van der Waals surface area contributed by atoms with Crippen LogP contribution in [0.15, 0.2) is 18.2 Å². The largest absolute Gasteiger partial charge is 0.480 e. The number of anilines is 2. The molecule has 11 heteroatoms. The van der Waals surface area contributed by atoms with Crippen LogP contribution in [0, 0.1) is 12.7 Å². The Labute approximate surface area is 194 Å². The summed E-state index contributed by atoms with van der Waals surface area (Å²) in [6.07, 6.45) is -0.803. The van der Waals surface area contributed by atoms with E-state index in [2.05, 4.69) is 20.6 Å². The number of hydrogen-bond acceptors (Lipinski definition) is 8. The van der Waals surface area contributed by atoms with Crippen molar-refractivity contribution in [3.05, 3.63) is 40.3 Å². The zero-order chi connectivity index (χ0) is 24.3. The van der Waals surface area contributed by atoms with Gasteiger partial charge in [0, 0.05) is 12.8 Å². The van der Waals surface area contributed by atoms with Crippen LogP contribution in [0.25, 0.3) is 10.2 Å². The number of aryl methyl sites for hydroxylation is 1. The average Bonchev–Trinajstić information content (AvgIpc) is 3.05. The van der Waals surface area contributed by atoms with Crippen molar-refractivity contribution in [3.8, 4) is 5.88 Å². The molecule has 0 spiro atoms. The van der Waals surface area contributed by atoms with Gasteiger partial charge in [-0.3, -0.25) is 10.1 Å². The molecule has 2 aromatic heterocycles. The summed E-state index contributed by atoms with van der Waals surface area (Å²) in [5.74, 6) is -0.291. The van der Waals surface area contributed by atoms with Crippen molar-refractivity contribution in [2.45, 2.75) is 39.9 Å². The van der Waals surface area contributed by atoms with E-state index in [1.54, 1.807) is 27.7 Å². The molecule has 0 fully saturated rings. The number of amides is 2. The molecule has 2 heterocycles. The Bertz CT molecular complexity index is 1210.